The van der Waals surface area contributed by atoms with Gasteiger partial charge < -0.3 is 4.55 Å². The normalized spacial score (nSPS) is 11.2. The predicted octanol–water partition coefficient (Wildman–Crippen LogP) is -1.19. The maximum Gasteiger partial charge on any atom is 0.216 e. The van der Waals surface area contributed by atoms with Crippen molar-refractivity contribution < 1.29 is 17.9 Å². The summed E-state index contributed by atoms with van der Waals surface area (Å²) >= 11 is 0. The van der Waals surface area contributed by atoms with Crippen LogP contribution >= 0.6 is 0 Å². The Bertz CT molecular complexity index is 193. The van der Waals surface area contributed by atoms with Crippen LogP contribution in [-0.2, 0) is 10.1 Å². The van der Waals surface area contributed by atoms with E-state index in [1.165, 1.54) is 0 Å². The summed E-state index contributed by atoms with van der Waals surface area (Å²) in [6.07, 6.45) is 0. The molecule has 0 aliphatic rings. The Morgan fingerprint density at radius 3 is 2.00 bits per heavy atom. The lowest BCUT2D eigenvalue weighted by Gasteiger charge is -2.00. The Morgan fingerprint density at radius 1 is 1.44 bits per heavy atom. The highest BCUT2D eigenvalue weighted by Gasteiger charge is 2.00. The fourth-order valence-corrected chi connectivity index (χ4v) is 0.559. The molecule has 0 radical (unpaired) electrons. The predicted molar refractivity (Wildman–Crippen MR) is 26.4 cm³/mol. The molecule has 0 bridgehead atoms. The maximum atomic E-state index is 9.68. The summed E-state index contributed by atoms with van der Waals surface area (Å²) in [7, 11) is -4.41. The number of nitrogens with zero attached hydrogens (tertiary/aromatic N) is 1. The van der Waals surface area contributed by atoms with Crippen LogP contribution in [0.3, 0.4) is 0 Å². The van der Waals surface area contributed by atoms with Gasteiger partial charge in [0, 0.05) is 4.92 Å². The Kier molecular flexibility index (Phi) is 2.53. The van der Waals surface area contributed by atoms with Crippen LogP contribution in [0.15, 0.2) is 0 Å². The SMILES string of the molecule is O=[N+]([O-])CCS(=O)(=O)[O-]. The van der Waals surface area contributed by atoms with Crippen LogP contribution in [0.5, 0.6) is 0 Å². The van der Waals surface area contributed by atoms with Crippen LogP contribution in [0.2, 0.25) is 0 Å². The lowest BCUT2D eigenvalue weighted by Crippen LogP contribution is -2.14. The van der Waals surface area contributed by atoms with Crippen LogP contribution in [0, 0.1) is 10.1 Å². The zero-order chi connectivity index (χ0) is 7.49. The molecule has 0 rings (SSSR count). The van der Waals surface area contributed by atoms with Crippen LogP contribution in [-0.4, -0.2) is 30.2 Å². The van der Waals surface area contributed by atoms with E-state index in [0.717, 1.165) is 0 Å². The first kappa shape index (κ1) is 8.31. The molecular formula is C2H4NO5S-. The summed E-state index contributed by atoms with van der Waals surface area (Å²) in [5.74, 6) is -0.931. The first-order valence-electron chi connectivity index (χ1n) is 1.97. The molecule has 0 saturated carbocycles. The number of rotatable bonds is 3. The van der Waals surface area contributed by atoms with E-state index >= 15 is 0 Å². The summed E-state index contributed by atoms with van der Waals surface area (Å²) in [4.78, 5) is 8.60. The molecule has 7 heteroatoms. The number of nitro groups is 1. The van der Waals surface area contributed by atoms with E-state index in [1.807, 2.05) is 0 Å². The monoisotopic (exact) mass is 154 g/mol. The van der Waals surface area contributed by atoms with Gasteiger partial charge in [-0.25, -0.2) is 8.42 Å². The van der Waals surface area contributed by atoms with Gasteiger partial charge in [0.15, 0.2) is 0 Å². The van der Waals surface area contributed by atoms with E-state index in [9.17, 15) is 23.1 Å². The molecule has 0 saturated heterocycles. The highest BCUT2D eigenvalue weighted by molar-refractivity contribution is 7.85. The smallest absolute Gasteiger partial charge is 0.216 e. The summed E-state index contributed by atoms with van der Waals surface area (Å²) in [6.45, 7) is -0.814. The molecule has 0 aliphatic carbocycles. The Labute approximate surface area is 51.4 Å². The second-order valence-corrected chi connectivity index (χ2v) is 2.84. The van der Waals surface area contributed by atoms with Gasteiger partial charge in [0.05, 0.1) is 0 Å². The van der Waals surface area contributed by atoms with Crippen molar-refractivity contribution in [1.29, 1.82) is 0 Å². The Balaban J connectivity index is 3.67. The average Bonchev–Trinajstić information content (AvgIpc) is 1.59. The average molecular weight is 154 g/mol. The first-order valence-corrected chi connectivity index (χ1v) is 3.55. The summed E-state index contributed by atoms with van der Waals surface area (Å²) in [5.41, 5.74) is 0. The van der Waals surface area contributed by atoms with Crippen molar-refractivity contribution in [2.24, 2.45) is 0 Å². The third-order valence-electron chi connectivity index (χ3n) is 0.524. The second-order valence-electron chi connectivity index (χ2n) is 1.32. The Hall–Kier alpha value is -0.690. The molecule has 54 valence electrons. The van der Waals surface area contributed by atoms with E-state index in [-0.39, 0.29) is 0 Å². The van der Waals surface area contributed by atoms with Crippen LogP contribution in [0.1, 0.15) is 0 Å². The van der Waals surface area contributed by atoms with E-state index in [0.29, 0.717) is 0 Å². The van der Waals surface area contributed by atoms with Crippen molar-refractivity contribution >= 4 is 10.1 Å². The number of hydrogen-bond acceptors (Lipinski definition) is 5. The minimum Gasteiger partial charge on any atom is -0.748 e. The molecule has 0 fully saturated rings. The van der Waals surface area contributed by atoms with Crippen molar-refractivity contribution in [1.82, 2.24) is 0 Å². The van der Waals surface area contributed by atoms with Gasteiger partial charge in [0.25, 0.3) is 0 Å². The maximum absolute atomic E-state index is 9.68. The van der Waals surface area contributed by atoms with E-state index in [2.05, 4.69) is 0 Å². The topological polar surface area (TPSA) is 100 Å². The molecule has 0 atom stereocenters. The van der Waals surface area contributed by atoms with Crippen LogP contribution in [0.4, 0.5) is 0 Å². The van der Waals surface area contributed by atoms with Gasteiger partial charge >= 0.3 is 0 Å². The zero-order valence-electron chi connectivity index (χ0n) is 4.31. The Morgan fingerprint density at radius 2 is 1.89 bits per heavy atom. The van der Waals surface area contributed by atoms with Crippen molar-refractivity contribution in [3.05, 3.63) is 10.1 Å². The number of hydrogen-bond donors (Lipinski definition) is 0. The quantitative estimate of drug-likeness (QED) is 0.289. The van der Waals surface area contributed by atoms with Gasteiger partial charge in [-0.1, -0.05) is 0 Å². The lowest BCUT2D eigenvalue weighted by atomic mass is 10.8. The van der Waals surface area contributed by atoms with Crippen LogP contribution < -0.4 is 0 Å². The van der Waals surface area contributed by atoms with Crippen LogP contribution in [0.25, 0.3) is 0 Å². The summed E-state index contributed by atoms with van der Waals surface area (Å²) < 4.78 is 29.0. The molecule has 0 aromatic heterocycles. The van der Waals surface area contributed by atoms with Gasteiger partial charge in [-0.3, -0.25) is 10.1 Å². The molecule has 0 heterocycles. The van der Waals surface area contributed by atoms with E-state index in [4.69, 9.17) is 0 Å². The fourth-order valence-electron chi connectivity index (χ4n) is 0.186. The molecule has 0 unspecified atom stereocenters. The standard InChI is InChI=1S/C2H5NO5S/c4-3(5)1-2-9(6,7)8/h1-2H2,(H,6,7,8)/p-1. The molecule has 0 N–H and O–H groups in total. The van der Waals surface area contributed by atoms with Crippen molar-refractivity contribution in [3.8, 4) is 0 Å². The van der Waals surface area contributed by atoms with Gasteiger partial charge in [0.2, 0.25) is 6.54 Å². The highest BCUT2D eigenvalue weighted by Crippen LogP contribution is 1.80. The third kappa shape index (κ3) is 7.31. The summed E-state index contributed by atoms with van der Waals surface area (Å²) in [6, 6.07) is 0. The van der Waals surface area contributed by atoms with Gasteiger partial charge in [-0.05, 0) is 0 Å². The van der Waals surface area contributed by atoms with E-state index in [1.54, 1.807) is 0 Å². The van der Waals surface area contributed by atoms with E-state index < -0.39 is 27.3 Å². The molecule has 0 aliphatic heterocycles. The minimum absolute atomic E-state index is 0.814. The molecular weight excluding hydrogens is 150 g/mol. The third-order valence-corrected chi connectivity index (χ3v) is 1.21. The molecule has 9 heavy (non-hydrogen) atoms. The molecule has 0 spiro atoms. The highest BCUT2D eigenvalue weighted by atomic mass is 32.2. The molecule has 0 aromatic rings. The minimum atomic E-state index is -4.41. The largest absolute Gasteiger partial charge is 0.748 e. The second kappa shape index (κ2) is 2.74. The molecule has 0 amide bonds. The van der Waals surface area contributed by atoms with Gasteiger partial charge in [0.1, 0.15) is 15.9 Å². The fraction of sp³-hybridized carbons (Fsp3) is 1.00. The molecule has 0 aromatic carbocycles. The zero-order valence-corrected chi connectivity index (χ0v) is 5.13. The first-order chi connectivity index (χ1) is 3.92. The van der Waals surface area contributed by atoms with Gasteiger partial charge in [-0.15, -0.1) is 0 Å². The summed E-state index contributed by atoms with van der Waals surface area (Å²) in [5, 5.41) is 9.45. The lowest BCUT2D eigenvalue weighted by molar-refractivity contribution is -0.474. The molecule has 6 nitrogen and oxygen atoms in total. The van der Waals surface area contributed by atoms with Crippen molar-refractivity contribution in [3.63, 3.8) is 0 Å². The van der Waals surface area contributed by atoms with Crippen molar-refractivity contribution in [2.45, 2.75) is 0 Å². The van der Waals surface area contributed by atoms with Crippen molar-refractivity contribution in [2.75, 3.05) is 12.3 Å². The van der Waals surface area contributed by atoms with Gasteiger partial charge in [-0.2, -0.15) is 0 Å².